The van der Waals surface area contributed by atoms with Crippen LogP contribution in [0.4, 0.5) is 0 Å². The summed E-state index contributed by atoms with van der Waals surface area (Å²) in [5.41, 5.74) is -0.208. The average molecular weight is 410 g/mol. The van der Waals surface area contributed by atoms with Gasteiger partial charge < -0.3 is 4.90 Å². The second kappa shape index (κ2) is 6.71. The predicted molar refractivity (Wildman–Crippen MR) is 92.3 cm³/mol. The summed E-state index contributed by atoms with van der Waals surface area (Å²) in [7, 11) is 0. The summed E-state index contributed by atoms with van der Waals surface area (Å²) in [4.78, 5) is 40.0. The zero-order chi connectivity index (χ0) is 17.6. The lowest BCUT2D eigenvalue weighted by Crippen LogP contribution is -2.44. The molecular weight excluding hydrogens is 398 g/mol. The molecule has 0 aliphatic carbocycles. The Hall–Kier alpha value is -1.01. The van der Waals surface area contributed by atoms with E-state index in [1.54, 1.807) is 4.90 Å². The summed E-state index contributed by atoms with van der Waals surface area (Å²) < 4.78 is 0. The van der Waals surface area contributed by atoms with Crippen LogP contribution in [-0.2, 0) is 4.79 Å². The Balaban J connectivity index is 1.91. The number of carbonyl (C=O) groups is 3. The molecule has 0 spiro atoms. The number of imide groups is 1. The molecule has 1 aromatic rings. The molecule has 0 bridgehead atoms. The zero-order valence-corrected chi connectivity index (χ0v) is 15.4. The maximum absolute atomic E-state index is 12.6. The fourth-order valence-corrected chi connectivity index (χ4v) is 3.93. The number of hydrogen-bond acceptors (Lipinski definition) is 3. The van der Waals surface area contributed by atoms with Crippen molar-refractivity contribution in [2.24, 2.45) is 0 Å². The Kier molecular flexibility index (Phi) is 4.98. The summed E-state index contributed by atoms with van der Waals surface area (Å²) in [5, 5.41) is -0.445. The minimum absolute atomic E-state index is 0.0903. The number of amides is 3. The fraction of sp³-hybridized carbons (Fsp3) is 0.400. The van der Waals surface area contributed by atoms with Gasteiger partial charge in [0.2, 0.25) is 5.91 Å². The van der Waals surface area contributed by atoms with E-state index in [-0.39, 0.29) is 43.7 Å². The van der Waals surface area contributed by atoms with Crippen LogP contribution in [0.2, 0.25) is 20.1 Å². The van der Waals surface area contributed by atoms with Crippen LogP contribution in [0.3, 0.4) is 0 Å². The number of carbonyl (C=O) groups excluding carboxylic acids is 3. The molecule has 3 rings (SSSR count). The largest absolute Gasteiger partial charge is 0.341 e. The smallest absolute Gasteiger partial charge is 0.263 e. The predicted octanol–water partition coefficient (Wildman–Crippen LogP) is 3.91. The van der Waals surface area contributed by atoms with Crippen LogP contribution < -0.4 is 0 Å². The van der Waals surface area contributed by atoms with Crippen LogP contribution in [0.25, 0.3) is 0 Å². The molecule has 9 heteroatoms. The molecule has 0 unspecified atom stereocenters. The van der Waals surface area contributed by atoms with Crippen LogP contribution in [0, 0.1) is 0 Å². The van der Waals surface area contributed by atoms with Crippen molar-refractivity contribution in [3.63, 3.8) is 0 Å². The van der Waals surface area contributed by atoms with Gasteiger partial charge in [-0.05, 0) is 19.3 Å². The fourth-order valence-electron chi connectivity index (χ4n) is 2.92. The Bertz CT molecular complexity index is 713. The number of fused-ring (bicyclic) bond motifs is 1. The summed E-state index contributed by atoms with van der Waals surface area (Å²) >= 11 is 24.0. The number of nitrogens with zero attached hydrogens (tertiary/aromatic N) is 2. The van der Waals surface area contributed by atoms with E-state index >= 15 is 0 Å². The monoisotopic (exact) mass is 408 g/mol. The molecule has 24 heavy (non-hydrogen) atoms. The third-order valence-corrected chi connectivity index (χ3v) is 5.99. The highest BCUT2D eigenvalue weighted by atomic mass is 35.5. The maximum Gasteiger partial charge on any atom is 0.263 e. The topological polar surface area (TPSA) is 57.7 Å². The highest BCUT2D eigenvalue weighted by Gasteiger charge is 2.42. The van der Waals surface area contributed by atoms with Crippen molar-refractivity contribution >= 4 is 64.1 Å². The van der Waals surface area contributed by atoms with Gasteiger partial charge in [-0.15, -0.1) is 0 Å². The zero-order valence-electron chi connectivity index (χ0n) is 12.4. The number of benzene rings is 1. The van der Waals surface area contributed by atoms with Crippen LogP contribution in [0.5, 0.6) is 0 Å². The lowest BCUT2D eigenvalue weighted by Gasteiger charge is -2.28. The minimum Gasteiger partial charge on any atom is -0.341 e. The van der Waals surface area contributed by atoms with Gasteiger partial charge in [0.15, 0.2) is 0 Å². The van der Waals surface area contributed by atoms with Gasteiger partial charge in [-0.3, -0.25) is 19.3 Å². The molecule has 0 aromatic heterocycles. The molecule has 0 radical (unpaired) electrons. The van der Waals surface area contributed by atoms with Crippen LogP contribution in [0.1, 0.15) is 40.0 Å². The van der Waals surface area contributed by atoms with Crippen molar-refractivity contribution in [2.45, 2.75) is 19.3 Å². The Morgan fingerprint density at radius 2 is 1.25 bits per heavy atom. The summed E-state index contributed by atoms with van der Waals surface area (Å²) in [6, 6.07) is 0. The van der Waals surface area contributed by atoms with Gasteiger partial charge in [-0.1, -0.05) is 46.4 Å². The quantitative estimate of drug-likeness (QED) is 0.422. The first-order chi connectivity index (χ1) is 11.3. The number of piperidine rings is 1. The highest BCUT2D eigenvalue weighted by molar-refractivity contribution is 6.55. The van der Waals surface area contributed by atoms with Crippen molar-refractivity contribution in [3.05, 3.63) is 31.2 Å². The lowest BCUT2D eigenvalue weighted by atomic mass is 10.1. The summed E-state index contributed by atoms with van der Waals surface area (Å²) in [6.07, 6.45) is 2.90. The molecule has 128 valence electrons. The van der Waals surface area contributed by atoms with Gasteiger partial charge in [0.05, 0.1) is 31.2 Å². The van der Waals surface area contributed by atoms with E-state index in [4.69, 9.17) is 46.4 Å². The molecule has 5 nitrogen and oxygen atoms in total. The van der Waals surface area contributed by atoms with E-state index in [0.29, 0.717) is 13.1 Å². The normalized spacial score (nSPS) is 17.5. The molecule has 0 saturated carbocycles. The molecule has 1 fully saturated rings. The van der Waals surface area contributed by atoms with Gasteiger partial charge in [-0.2, -0.15) is 0 Å². The van der Waals surface area contributed by atoms with E-state index < -0.39 is 11.8 Å². The summed E-state index contributed by atoms with van der Waals surface area (Å²) in [5.74, 6) is -1.66. The van der Waals surface area contributed by atoms with Gasteiger partial charge >= 0.3 is 0 Å². The number of halogens is 4. The molecule has 2 heterocycles. The van der Waals surface area contributed by atoms with Crippen molar-refractivity contribution in [3.8, 4) is 0 Å². The van der Waals surface area contributed by atoms with Gasteiger partial charge in [0, 0.05) is 13.1 Å². The molecule has 3 amide bonds. The molecule has 2 aliphatic heterocycles. The Morgan fingerprint density at radius 3 is 1.71 bits per heavy atom. The van der Waals surface area contributed by atoms with Crippen LogP contribution >= 0.6 is 46.4 Å². The first-order valence-corrected chi connectivity index (χ1v) is 8.85. The van der Waals surface area contributed by atoms with Crippen molar-refractivity contribution in [1.82, 2.24) is 9.80 Å². The van der Waals surface area contributed by atoms with Crippen molar-refractivity contribution in [2.75, 3.05) is 19.6 Å². The van der Waals surface area contributed by atoms with Gasteiger partial charge in [0.25, 0.3) is 11.8 Å². The Morgan fingerprint density at radius 1 is 0.792 bits per heavy atom. The maximum atomic E-state index is 12.6. The third kappa shape index (κ3) is 2.77. The van der Waals surface area contributed by atoms with Crippen LogP contribution in [-0.4, -0.2) is 47.2 Å². The summed E-state index contributed by atoms with van der Waals surface area (Å²) in [6.45, 7) is 0.899. The second-order valence-corrected chi connectivity index (χ2v) is 7.16. The van der Waals surface area contributed by atoms with E-state index in [1.165, 1.54) is 0 Å². The second-order valence-electron chi connectivity index (χ2n) is 5.64. The van der Waals surface area contributed by atoms with E-state index in [0.717, 1.165) is 24.2 Å². The van der Waals surface area contributed by atoms with Crippen LogP contribution in [0.15, 0.2) is 0 Å². The van der Waals surface area contributed by atoms with Crippen molar-refractivity contribution in [1.29, 1.82) is 0 Å². The minimum atomic E-state index is -0.689. The van der Waals surface area contributed by atoms with E-state index in [9.17, 15) is 14.4 Å². The molecule has 0 atom stereocenters. The number of hydrogen-bond donors (Lipinski definition) is 0. The SMILES string of the molecule is O=C(CN1C(=O)c2c(Cl)c(Cl)c(Cl)c(Cl)c2C1=O)N1CCCCC1. The van der Waals surface area contributed by atoms with Crippen molar-refractivity contribution < 1.29 is 14.4 Å². The average Bonchev–Trinajstić information content (AvgIpc) is 2.83. The lowest BCUT2D eigenvalue weighted by molar-refractivity contribution is -0.132. The van der Waals surface area contributed by atoms with E-state index in [2.05, 4.69) is 0 Å². The molecular formula is C15H12Cl4N2O3. The molecule has 1 aromatic carbocycles. The number of rotatable bonds is 2. The highest BCUT2D eigenvalue weighted by Crippen LogP contribution is 2.44. The Labute approximate surface area is 158 Å². The van der Waals surface area contributed by atoms with Gasteiger partial charge in [0.1, 0.15) is 6.54 Å². The standard InChI is InChI=1S/C15H12Cl4N2O3/c16-10-8-9(11(17)13(19)12(10)18)15(24)21(14(8)23)6-7(22)20-4-2-1-3-5-20/h1-6H2. The van der Waals surface area contributed by atoms with Gasteiger partial charge in [-0.25, -0.2) is 0 Å². The first kappa shape index (κ1) is 17.8. The first-order valence-electron chi connectivity index (χ1n) is 7.34. The third-order valence-electron chi connectivity index (χ3n) is 4.19. The molecule has 0 N–H and O–H groups in total. The van der Waals surface area contributed by atoms with E-state index in [1.807, 2.05) is 0 Å². The molecule has 1 saturated heterocycles. The molecule has 2 aliphatic rings. The number of likely N-dealkylation sites (tertiary alicyclic amines) is 1.